The minimum atomic E-state index is -3.01. The minimum absolute atomic E-state index is 0.0171. The quantitative estimate of drug-likeness (QED) is 0.0327. The van der Waals surface area contributed by atoms with Gasteiger partial charge < -0.3 is 44.6 Å². The number of rotatable bonds is 27. The van der Waals surface area contributed by atoms with Crippen LogP contribution < -0.4 is 22.2 Å². The number of likely N-dealkylation sites (N-methyl/N-ethyl adjacent to an activating group) is 2. The van der Waals surface area contributed by atoms with E-state index in [0.717, 1.165) is 59.2 Å². The van der Waals surface area contributed by atoms with E-state index < -0.39 is 77.1 Å². The molecule has 0 radical (unpaired) electrons. The Bertz CT molecular complexity index is 3500. The van der Waals surface area contributed by atoms with E-state index >= 15 is 0 Å². The third-order valence-corrected chi connectivity index (χ3v) is 14.9. The van der Waals surface area contributed by atoms with Gasteiger partial charge in [-0.25, -0.2) is 31.1 Å². The number of halogens is 6. The lowest BCUT2D eigenvalue weighted by Gasteiger charge is -2.26. The second kappa shape index (κ2) is 35.6. The van der Waals surface area contributed by atoms with Crippen LogP contribution in [0.3, 0.4) is 0 Å². The smallest absolute Gasteiger partial charge is 0.326 e. The average molecular weight is 1270 g/mol. The van der Waals surface area contributed by atoms with E-state index in [0.29, 0.717) is 49.2 Å². The van der Waals surface area contributed by atoms with Gasteiger partial charge in [-0.1, -0.05) is 64.1 Å². The molecule has 4 aromatic carbocycles. The number of nitrogens with two attached hydrogens (primary N) is 1. The minimum Gasteiger partial charge on any atom is -0.480 e. The standard InChI is InChI=1S/C35H44F3N3O4.C19H22FNO2.C16H24F2N2O3/c1-8-45-31(42)19-29(25-10-9-11-26(18-25)32-22(4)15-27(36)16-23(32)5)39-34(43)30(14-21(2)3)41-20-24(12-13-40(6)7)17-28(33(37)38)35(41)44;1-4-23-18(22)11-17(21)14-6-5-7-15(10-14)19-12(2)8-16(20)9-13(19)3;1-10(2)7-13(16(22)23)20-9-11(5-6-19(3)4)8-12(14(17)18)15(20)21/h9-11,15-18,20-21,29-30,33H,8,12-14,19H2,1-7H3,(H,39,43);5-10,17H,4,11,21H2,1-3H3;8-10,13-14H,5-7H2,1-4H3,(H,22,23)/t29-,30?;17-;/m00./s1. The summed E-state index contributed by atoms with van der Waals surface area (Å²) in [5.74, 6) is -3.24. The zero-order chi connectivity index (χ0) is 68.1. The average Bonchev–Trinajstić information content (AvgIpc) is 1.33. The molecule has 0 saturated carbocycles. The first kappa shape index (κ1) is 75.6. The van der Waals surface area contributed by atoms with Crippen LogP contribution in [0.1, 0.15) is 160 Å². The largest absolute Gasteiger partial charge is 0.480 e. The van der Waals surface area contributed by atoms with Crippen molar-refractivity contribution in [2.45, 2.75) is 145 Å². The molecule has 1 amide bonds. The number of amides is 1. The van der Waals surface area contributed by atoms with E-state index in [4.69, 9.17) is 15.2 Å². The lowest BCUT2D eigenvalue weighted by atomic mass is 9.92. The summed E-state index contributed by atoms with van der Waals surface area (Å²) >= 11 is 0. The zero-order valence-corrected chi connectivity index (χ0v) is 54.8. The van der Waals surface area contributed by atoms with Crippen molar-refractivity contribution in [2.24, 2.45) is 17.6 Å². The van der Waals surface area contributed by atoms with Crippen LogP contribution in [-0.2, 0) is 41.5 Å². The number of carboxylic acids is 1. The number of hydrogen-bond donors (Lipinski definition) is 3. The first-order valence-corrected chi connectivity index (χ1v) is 30.5. The number of ether oxygens (including phenoxy) is 2. The van der Waals surface area contributed by atoms with Crippen LogP contribution in [-0.4, -0.2) is 102 Å². The van der Waals surface area contributed by atoms with Crippen molar-refractivity contribution >= 4 is 23.8 Å². The predicted octanol–water partition coefficient (Wildman–Crippen LogP) is 13.3. The Labute approximate surface area is 530 Å². The Morgan fingerprint density at radius 3 is 1.35 bits per heavy atom. The van der Waals surface area contributed by atoms with Gasteiger partial charge in [0.2, 0.25) is 5.91 Å². The van der Waals surface area contributed by atoms with Crippen molar-refractivity contribution in [2.75, 3.05) is 54.5 Å². The molecule has 21 heteroatoms. The van der Waals surface area contributed by atoms with Crippen LogP contribution in [0.15, 0.2) is 107 Å². The van der Waals surface area contributed by atoms with Crippen molar-refractivity contribution in [3.63, 3.8) is 0 Å². The molecule has 2 aromatic heterocycles. The Kier molecular flexibility index (Phi) is 29.6. The number of benzene rings is 4. The number of nitrogens with one attached hydrogen (secondary N) is 1. The molecule has 6 rings (SSSR count). The fourth-order valence-corrected chi connectivity index (χ4v) is 10.7. The molecule has 2 heterocycles. The molecule has 0 fully saturated rings. The second-order valence-corrected chi connectivity index (χ2v) is 24.1. The fourth-order valence-electron chi connectivity index (χ4n) is 10.7. The summed E-state index contributed by atoms with van der Waals surface area (Å²) in [6.45, 7) is 19.9. The highest BCUT2D eigenvalue weighted by Gasteiger charge is 2.31. The number of aromatic nitrogens is 2. The maximum Gasteiger partial charge on any atom is 0.326 e. The fraction of sp³-hybridized carbons (Fsp3) is 0.457. The van der Waals surface area contributed by atoms with Crippen LogP contribution in [0.4, 0.5) is 26.3 Å². The van der Waals surface area contributed by atoms with Gasteiger partial charge >= 0.3 is 17.9 Å². The van der Waals surface area contributed by atoms with Gasteiger partial charge in [0.15, 0.2) is 0 Å². The van der Waals surface area contributed by atoms with Gasteiger partial charge in [-0.2, -0.15) is 0 Å². The van der Waals surface area contributed by atoms with Crippen LogP contribution >= 0.6 is 0 Å². The molecule has 91 heavy (non-hydrogen) atoms. The van der Waals surface area contributed by atoms with E-state index in [1.54, 1.807) is 26.0 Å². The number of carbonyl (C=O) groups excluding carboxylic acids is 3. The molecular formula is C70H90F6N6O9. The van der Waals surface area contributed by atoms with E-state index in [-0.39, 0.29) is 61.7 Å². The highest BCUT2D eigenvalue weighted by atomic mass is 19.3. The van der Waals surface area contributed by atoms with Crippen LogP contribution in [0.2, 0.25) is 0 Å². The van der Waals surface area contributed by atoms with Gasteiger partial charge in [-0.15, -0.1) is 0 Å². The first-order chi connectivity index (χ1) is 42.8. The lowest BCUT2D eigenvalue weighted by Crippen LogP contribution is -2.41. The van der Waals surface area contributed by atoms with E-state index in [1.165, 1.54) is 48.8 Å². The van der Waals surface area contributed by atoms with Gasteiger partial charge in [-0.3, -0.25) is 24.0 Å². The summed E-state index contributed by atoms with van der Waals surface area (Å²) in [6, 6.07) is 19.8. The molecule has 15 nitrogen and oxygen atoms in total. The van der Waals surface area contributed by atoms with Crippen molar-refractivity contribution in [1.82, 2.24) is 24.3 Å². The maximum absolute atomic E-state index is 14.1. The monoisotopic (exact) mass is 1270 g/mol. The summed E-state index contributed by atoms with van der Waals surface area (Å²) < 4.78 is 94.0. The Balaban J connectivity index is 0.000000322. The number of esters is 2. The molecule has 4 atom stereocenters. The number of carboxylic acid groups (broad SMARTS) is 1. The van der Waals surface area contributed by atoms with Crippen molar-refractivity contribution in [1.29, 1.82) is 0 Å². The summed E-state index contributed by atoms with van der Waals surface area (Å²) in [6.07, 6.45) is -1.84. The van der Waals surface area contributed by atoms with Crippen molar-refractivity contribution in [3.05, 3.63) is 185 Å². The maximum atomic E-state index is 14.1. The number of aryl methyl sites for hydroxylation is 4. The third kappa shape index (κ3) is 22.8. The van der Waals surface area contributed by atoms with Crippen LogP contribution in [0.5, 0.6) is 0 Å². The van der Waals surface area contributed by atoms with Gasteiger partial charge in [-0.05, 0) is 223 Å². The Hall–Kier alpha value is -7.88. The van der Waals surface area contributed by atoms with Crippen LogP contribution in [0.25, 0.3) is 22.3 Å². The van der Waals surface area contributed by atoms with E-state index in [9.17, 15) is 60.2 Å². The topological polar surface area (TPSA) is 196 Å². The molecule has 6 aromatic rings. The highest BCUT2D eigenvalue weighted by molar-refractivity contribution is 5.82. The van der Waals surface area contributed by atoms with Crippen molar-refractivity contribution < 1.29 is 60.1 Å². The number of pyridine rings is 2. The number of hydrogen-bond acceptors (Lipinski definition) is 11. The zero-order valence-electron chi connectivity index (χ0n) is 54.8. The van der Waals surface area contributed by atoms with Crippen LogP contribution in [0, 0.1) is 51.2 Å². The third-order valence-electron chi connectivity index (χ3n) is 14.9. The SMILES string of the molecule is CC(C)CC(C(=O)O)n1cc(CCN(C)C)cc(C(F)F)c1=O.CCOC(=O)C[C@H](N)c1cccc(-c2c(C)cc(F)cc2C)c1.CCOC(=O)C[C@H](NC(=O)C(CC(C)C)n1cc(CCN(C)C)cc(C(F)F)c1=O)c1cccc(-c2c(C)cc(F)cc2C)c1. The summed E-state index contributed by atoms with van der Waals surface area (Å²) in [7, 11) is 7.42. The molecule has 496 valence electrons. The van der Waals surface area contributed by atoms with Gasteiger partial charge in [0, 0.05) is 31.5 Å². The molecule has 2 unspecified atom stereocenters. The number of aliphatic carboxylic acids is 1. The molecule has 0 saturated heterocycles. The highest BCUT2D eigenvalue weighted by Crippen LogP contribution is 2.34. The molecule has 0 aliphatic heterocycles. The normalized spacial score (nSPS) is 12.7. The van der Waals surface area contributed by atoms with Gasteiger partial charge in [0.05, 0.1) is 43.2 Å². The molecule has 0 aliphatic carbocycles. The van der Waals surface area contributed by atoms with E-state index in [1.807, 2.05) is 130 Å². The summed E-state index contributed by atoms with van der Waals surface area (Å²) in [5.41, 5.74) is 12.2. The number of carbonyl (C=O) groups is 4. The Morgan fingerprint density at radius 2 is 0.967 bits per heavy atom. The Morgan fingerprint density at radius 1 is 0.582 bits per heavy atom. The molecule has 0 bridgehead atoms. The molecule has 0 spiro atoms. The second-order valence-electron chi connectivity index (χ2n) is 24.1. The first-order valence-electron chi connectivity index (χ1n) is 30.5. The summed E-state index contributed by atoms with van der Waals surface area (Å²) in [5, 5.41) is 12.3. The lowest BCUT2D eigenvalue weighted by molar-refractivity contribution is -0.144. The van der Waals surface area contributed by atoms with Gasteiger partial charge in [0.1, 0.15) is 23.7 Å². The molecular weight excluding hydrogens is 1180 g/mol. The summed E-state index contributed by atoms with van der Waals surface area (Å²) in [4.78, 5) is 79.2. The number of alkyl halides is 4. The van der Waals surface area contributed by atoms with Gasteiger partial charge in [0.25, 0.3) is 24.0 Å². The molecule has 4 N–H and O–H groups in total. The molecule has 0 aliphatic rings. The van der Waals surface area contributed by atoms with Crippen molar-refractivity contribution in [3.8, 4) is 22.3 Å². The predicted molar refractivity (Wildman–Crippen MR) is 343 cm³/mol. The van der Waals surface area contributed by atoms with E-state index in [2.05, 4.69) is 5.32 Å². The number of nitrogens with zero attached hydrogens (tertiary/aromatic N) is 4.